The smallest absolute Gasteiger partial charge is 0.319 e. The molecule has 2 unspecified atom stereocenters. The number of nitrogens with one attached hydrogen (secondary N) is 1. The van der Waals surface area contributed by atoms with E-state index in [1.165, 1.54) is 4.90 Å². The molecule has 3 rings (SSSR count). The Hall–Kier alpha value is -3.79. The van der Waals surface area contributed by atoms with Crippen molar-refractivity contribution in [1.82, 2.24) is 15.2 Å². The molecule has 9 nitrogen and oxygen atoms in total. The van der Waals surface area contributed by atoms with Gasteiger partial charge in [0, 0.05) is 19.2 Å². The molecule has 0 saturated carbocycles. The van der Waals surface area contributed by atoms with Gasteiger partial charge in [0.05, 0.1) is 24.4 Å². The van der Waals surface area contributed by atoms with Crippen LogP contribution in [0.1, 0.15) is 48.9 Å². The zero-order chi connectivity index (χ0) is 29.1. The molecule has 0 saturated heterocycles. The van der Waals surface area contributed by atoms with Crippen molar-refractivity contribution >= 4 is 11.9 Å². The van der Waals surface area contributed by atoms with E-state index in [2.05, 4.69) is 10.3 Å². The standard InChI is InChI=1S/C31H41N5O4/c1-22(31(33,29(32)39)35-30(40)36(2)21-26-15-9-10-18-34-26)19-25(24-13-7-4-8-14-24)20-28(38)27(37)17-16-23-11-5-3-6-12-23/h3-15,18,22,25,27-28,37-38H,16-17,19-21,33H2,1-2H3,(H2,32,39)(H,35,40)/t22-,25+,27?,28?,31+/m1/s1. The number of hydrogen-bond acceptors (Lipinski definition) is 6. The third kappa shape index (κ3) is 8.61. The fraction of sp³-hybridized carbons (Fsp3) is 0.387. The summed E-state index contributed by atoms with van der Waals surface area (Å²) in [5.74, 6) is -1.73. The van der Waals surface area contributed by atoms with Gasteiger partial charge in [-0.1, -0.05) is 73.7 Å². The van der Waals surface area contributed by atoms with Crippen LogP contribution in [0, 0.1) is 5.92 Å². The van der Waals surface area contributed by atoms with Crippen molar-refractivity contribution in [1.29, 1.82) is 0 Å². The van der Waals surface area contributed by atoms with Crippen LogP contribution >= 0.6 is 0 Å². The quantitative estimate of drug-likeness (QED) is 0.196. The molecule has 0 aliphatic heterocycles. The molecule has 0 aliphatic rings. The van der Waals surface area contributed by atoms with Crippen molar-refractivity contribution in [3.8, 4) is 0 Å². The van der Waals surface area contributed by atoms with Gasteiger partial charge in [-0.05, 0) is 54.9 Å². The Morgan fingerprint density at radius 3 is 2.17 bits per heavy atom. The van der Waals surface area contributed by atoms with Crippen molar-refractivity contribution < 1.29 is 19.8 Å². The molecule has 0 spiro atoms. The molecule has 1 aromatic heterocycles. The van der Waals surface area contributed by atoms with Crippen LogP contribution in [0.3, 0.4) is 0 Å². The Morgan fingerprint density at radius 2 is 1.57 bits per heavy atom. The second kappa shape index (κ2) is 14.6. The van der Waals surface area contributed by atoms with Gasteiger partial charge < -0.3 is 31.9 Å². The lowest BCUT2D eigenvalue weighted by Gasteiger charge is -2.37. The molecule has 3 amide bonds. The fourth-order valence-corrected chi connectivity index (χ4v) is 4.81. The van der Waals surface area contributed by atoms with Crippen molar-refractivity contribution in [2.45, 2.75) is 62.9 Å². The van der Waals surface area contributed by atoms with E-state index < -0.39 is 35.7 Å². The van der Waals surface area contributed by atoms with Crippen LogP contribution in [-0.4, -0.2) is 57.0 Å². The SMILES string of the molecule is C[C@H](C[C@@H](CC(O)C(O)CCc1ccccc1)c1ccccc1)[C@](N)(NC(=O)N(C)Cc1ccccn1)C(N)=O. The number of nitrogens with two attached hydrogens (primary N) is 2. The molecule has 1 heterocycles. The highest BCUT2D eigenvalue weighted by Crippen LogP contribution is 2.32. The van der Waals surface area contributed by atoms with Crippen LogP contribution in [0.2, 0.25) is 0 Å². The Balaban J connectivity index is 1.70. The number of urea groups is 1. The molecule has 7 N–H and O–H groups in total. The first-order chi connectivity index (χ1) is 19.1. The number of pyridine rings is 1. The van der Waals surface area contributed by atoms with Crippen molar-refractivity contribution in [3.05, 3.63) is 102 Å². The van der Waals surface area contributed by atoms with Gasteiger partial charge in [0.25, 0.3) is 5.91 Å². The van der Waals surface area contributed by atoms with Gasteiger partial charge in [-0.3, -0.25) is 9.78 Å². The predicted molar refractivity (Wildman–Crippen MR) is 155 cm³/mol. The Bertz CT molecular complexity index is 1200. The van der Waals surface area contributed by atoms with E-state index in [1.807, 2.05) is 66.7 Å². The van der Waals surface area contributed by atoms with Crippen molar-refractivity contribution in [3.63, 3.8) is 0 Å². The third-order valence-electron chi connectivity index (χ3n) is 7.42. The number of aliphatic hydroxyl groups is 2. The Labute approximate surface area is 236 Å². The van der Waals surface area contributed by atoms with Crippen molar-refractivity contribution in [2.75, 3.05) is 7.05 Å². The number of amides is 3. The summed E-state index contributed by atoms with van der Waals surface area (Å²) in [6.07, 6.45) is 1.32. The van der Waals surface area contributed by atoms with Crippen LogP contribution in [-0.2, 0) is 17.8 Å². The van der Waals surface area contributed by atoms with E-state index in [-0.39, 0.29) is 18.9 Å². The van der Waals surface area contributed by atoms with Crippen LogP contribution in [0.5, 0.6) is 0 Å². The van der Waals surface area contributed by atoms with Gasteiger partial charge >= 0.3 is 6.03 Å². The minimum Gasteiger partial charge on any atom is -0.390 e. The highest BCUT2D eigenvalue weighted by Gasteiger charge is 2.41. The number of carbonyl (C=O) groups is 2. The molecule has 0 bridgehead atoms. The molecule has 5 atom stereocenters. The van der Waals surface area contributed by atoms with Gasteiger partial charge in [0.15, 0.2) is 5.66 Å². The summed E-state index contributed by atoms with van der Waals surface area (Å²) >= 11 is 0. The molecule has 2 aromatic carbocycles. The zero-order valence-corrected chi connectivity index (χ0v) is 23.2. The molecule has 9 heteroatoms. The molecular weight excluding hydrogens is 506 g/mol. The highest BCUT2D eigenvalue weighted by molar-refractivity contribution is 5.89. The second-order valence-corrected chi connectivity index (χ2v) is 10.5. The number of hydrogen-bond donors (Lipinski definition) is 5. The summed E-state index contributed by atoms with van der Waals surface area (Å²) in [5, 5.41) is 24.3. The number of aliphatic hydroxyl groups excluding tert-OH is 2. The molecular formula is C31H41N5O4. The van der Waals surface area contributed by atoms with E-state index in [0.29, 0.717) is 25.0 Å². The van der Waals surface area contributed by atoms with E-state index in [4.69, 9.17) is 11.5 Å². The average Bonchev–Trinajstić information content (AvgIpc) is 2.96. The molecule has 0 radical (unpaired) electrons. The molecule has 3 aromatic rings. The number of carbonyl (C=O) groups excluding carboxylic acids is 2. The first kappa shape index (κ1) is 30.7. The normalized spacial score (nSPS) is 15.7. The predicted octanol–water partition coefficient (Wildman–Crippen LogP) is 2.92. The number of nitrogens with zero attached hydrogens (tertiary/aromatic N) is 2. The van der Waals surface area contributed by atoms with Crippen LogP contribution in [0.25, 0.3) is 0 Å². The second-order valence-electron chi connectivity index (χ2n) is 10.5. The lowest BCUT2D eigenvalue weighted by molar-refractivity contribution is -0.126. The maximum absolute atomic E-state index is 13.0. The summed E-state index contributed by atoms with van der Waals surface area (Å²) in [6, 6.07) is 24.2. The van der Waals surface area contributed by atoms with Gasteiger partial charge in [-0.2, -0.15) is 0 Å². The Kier molecular flexibility index (Phi) is 11.2. The minimum absolute atomic E-state index is 0.218. The lowest BCUT2D eigenvalue weighted by atomic mass is 9.79. The fourth-order valence-electron chi connectivity index (χ4n) is 4.81. The van der Waals surface area contributed by atoms with E-state index in [9.17, 15) is 19.8 Å². The number of benzene rings is 2. The summed E-state index contributed by atoms with van der Waals surface area (Å²) in [6.45, 7) is 1.97. The largest absolute Gasteiger partial charge is 0.390 e. The van der Waals surface area contributed by atoms with Crippen LogP contribution in [0.4, 0.5) is 4.79 Å². The first-order valence-corrected chi connectivity index (χ1v) is 13.6. The van der Waals surface area contributed by atoms with Crippen molar-refractivity contribution in [2.24, 2.45) is 17.4 Å². The number of primary amides is 1. The summed E-state index contributed by atoms with van der Waals surface area (Å²) < 4.78 is 0. The van der Waals surface area contributed by atoms with E-state index in [0.717, 1.165) is 11.1 Å². The molecule has 0 aliphatic carbocycles. The van der Waals surface area contributed by atoms with E-state index >= 15 is 0 Å². The highest BCUT2D eigenvalue weighted by atomic mass is 16.3. The van der Waals surface area contributed by atoms with Gasteiger partial charge in [0.2, 0.25) is 0 Å². The van der Waals surface area contributed by atoms with E-state index in [1.54, 1.807) is 32.3 Å². The lowest BCUT2D eigenvalue weighted by Crippen LogP contribution is -2.69. The third-order valence-corrected chi connectivity index (χ3v) is 7.42. The Morgan fingerprint density at radius 1 is 0.950 bits per heavy atom. The minimum atomic E-state index is -1.85. The van der Waals surface area contributed by atoms with Gasteiger partial charge in [0.1, 0.15) is 0 Å². The summed E-state index contributed by atoms with van der Waals surface area (Å²) in [7, 11) is 1.58. The monoisotopic (exact) mass is 547 g/mol. The van der Waals surface area contributed by atoms with Gasteiger partial charge in [-0.15, -0.1) is 0 Å². The zero-order valence-electron chi connectivity index (χ0n) is 23.2. The topological polar surface area (TPSA) is 155 Å². The number of aromatic nitrogens is 1. The van der Waals surface area contributed by atoms with Gasteiger partial charge in [-0.25, -0.2) is 4.79 Å². The first-order valence-electron chi connectivity index (χ1n) is 13.6. The van der Waals surface area contributed by atoms with Crippen LogP contribution < -0.4 is 16.8 Å². The molecule has 0 fully saturated rings. The number of aryl methyl sites for hydroxylation is 1. The maximum Gasteiger partial charge on any atom is 0.319 e. The molecule has 40 heavy (non-hydrogen) atoms. The molecule has 214 valence electrons. The van der Waals surface area contributed by atoms with Crippen LogP contribution in [0.15, 0.2) is 85.1 Å². The summed E-state index contributed by atoms with van der Waals surface area (Å²) in [5.41, 5.74) is 13.1. The maximum atomic E-state index is 13.0. The number of rotatable bonds is 14. The summed E-state index contributed by atoms with van der Waals surface area (Å²) in [4.78, 5) is 31.2. The average molecular weight is 548 g/mol.